The van der Waals surface area contributed by atoms with E-state index in [-0.39, 0.29) is 24.3 Å². The van der Waals surface area contributed by atoms with Crippen molar-refractivity contribution < 1.29 is 14.3 Å². The van der Waals surface area contributed by atoms with Crippen molar-refractivity contribution in [1.82, 2.24) is 9.80 Å². The van der Waals surface area contributed by atoms with Gasteiger partial charge in [-0.3, -0.25) is 9.59 Å². The van der Waals surface area contributed by atoms with Crippen molar-refractivity contribution in [3.8, 4) is 11.1 Å². The summed E-state index contributed by atoms with van der Waals surface area (Å²) in [6.07, 6.45) is 0.620. The number of carbonyl (C=O) groups is 2. The number of methoxy groups -OCH3 is 1. The van der Waals surface area contributed by atoms with E-state index in [9.17, 15) is 9.59 Å². The molecule has 1 saturated heterocycles. The number of carbonyl (C=O) groups excluding carboxylic acids is 2. The summed E-state index contributed by atoms with van der Waals surface area (Å²) >= 11 is 0. The van der Waals surface area contributed by atoms with Crippen molar-refractivity contribution in [2.24, 2.45) is 5.92 Å². The number of amides is 2. The van der Waals surface area contributed by atoms with Gasteiger partial charge in [0.2, 0.25) is 11.8 Å². The average Bonchev–Trinajstić information content (AvgIpc) is 2.83. The first-order valence-electron chi connectivity index (χ1n) is 9.24. The van der Waals surface area contributed by atoms with E-state index in [0.29, 0.717) is 26.1 Å². The fraction of sp³-hybridized carbons (Fsp3) is 0.364. The summed E-state index contributed by atoms with van der Waals surface area (Å²) in [6.45, 7) is 1.59. The van der Waals surface area contributed by atoms with Crippen LogP contribution >= 0.6 is 0 Å². The number of hydrogen-bond acceptors (Lipinski definition) is 3. The molecule has 1 heterocycles. The van der Waals surface area contributed by atoms with E-state index in [1.807, 2.05) is 18.2 Å². The Morgan fingerprint density at radius 1 is 1.04 bits per heavy atom. The molecule has 1 atom stereocenters. The molecule has 2 aromatic rings. The molecule has 142 valence electrons. The Labute approximate surface area is 160 Å². The Hall–Kier alpha value is -2.66. The third-order valence-corrected chi connectivity index (χ3v) is 5.04. The highest BCUT2D eigenvalue weighted by Crippen LogP contribution is 2.22. The van der Waals surface area contributed by atoms with Gasteiger partial charge < -0.3 is 14.5 Å². The molecule has 1 aliphatic rings. The van der Waals surface area contributed by atoms with Crippen molar-refractivity contribution in [2.75, 3.05) is 40.4 Å². The maximum Gasteiger partial charge on any atom is 0.248 e. The summed E-state index contributed by atoms with van der Waals surface area (Å²) in [5.74, 6) is -0.208. The molecule has 5 heteroatoms. The highest BCUT2D eigenvalue weighted by atomic mass is 16.5. The molecule has 1 unspecified atom stereocenters. The number of benzene rings is 2. The van der Waals surface area contributed by atoms with Crippen LogP contribution in [-0.2, 0) is 20.7 Å². The van der Waals surface area contributed by atoms with E-state index in [4.69, 9.17) is 4.74 Å². The summed E-state index contributed by atoms with van der Waals surface area (Å²) in [5.41, 5.74) is 3.42. The summed E-state index contributed by atoms with van der Waals surface area (Å²) in [6, 6.07) is 18.5. The molecular weight excluding hydrogens is 340 g/mol. The topological polar surface area (TPSA) is 49.9 Å². The van der Waals surface area contributed by atoms with E-state index >= 15 is 0 Å². The first-order valence-corrected chi connectivity index (χ1v) is 9.24. The van der Waals surface area contributed by atoms with E-state index in [2.05, 4.69) is 36.4 Å². The van der Waals surface area contributed by atoms with Crippen LogP contribution in [-0.4, -0.2) is 62.0 Å². The number of ether oxygens (including phenoxy) is 1. The molecule has 27 heavy (non-hydrogen) atoms. The van der Waals surface area contributed by atoms with Gasteiger partial charge >= 0.3 is 0 Å². The van der Waals surface area contributed by atoms with E-state index in [1.54, 1.807) is 16.8 Å². The summed E-state index contributed by atoms with van der Waals surface area (Å²) in [5, 5.41) is 0. The van der Waals surface area contributed by atoms with E-state index in [0.717, 1.165) is 11.1 Å². The van der Waals surface area contributed by atoms with Gasteiger partial charge in [-0.05, 0) is 23.1 Å². The monoisotopic (exact) mass is 366 g/mol. The third kappa shape index (κ3) is 4.74. The average molecular weight is 366 g/mol. The molecular formula is C22H26N2O3. The van der Waals surface area contributed by atoms with Crippen LogP contribution in [0.4, 0.5) is 0 Å². The predicted octanol–water partition coefficient (Wildman–Crippen LogP) is 2.46. The molecule has 2 amide bonds. The van der Waals surface area contributed by atoms with Crippen LogP contribution in [0.2, 0.25) is 0 Å². The van der Waals surface area contributed by atoms with E-state index < -0.39 is 0 Å². The maximum atomic E-state index is 12.7. The first kappa shape index (κ1) is 19.1. The number of rotatable bonds is 5. The predicted molar refractivity (Wildman–Crippen MR) is 105 cm³/mol. The van der Waals surface area contributed by atoms with Crippen molar-refractivity contribution in [3.05, 3.63) is 60.2 Å². The van der Waals surface area contributed by atoms with E-state index in [1.165, 1.54) is 12.7 Å². The summed E-state index contributed by atoms with van der Waals surface area (Å²) in [7, 11) is 3.32. The van der Waals surface area contributed by atoms with Crippen LogP contribution in [0.5, 0.6) is 0 Å². The highest BCUT2D eigenvalue weighted by molar-refractivity contribution is 5.82. The first-order chi connectivity index (χ1) is 13.1. The molecule has 0 aromatic heterocycles. The Bertz CT molecular complexity index is 774. The lowest BCUT2D eigenvalue weighted by Gasteiger charge is -2.23. The fourth-order valence-electron chi connectivity index (χ4n) is 3.47. The van der Waals surface area contributed by atoms with Gasteiger partial charge in [0, 0.05) is 33.8 Å². The Morgan fingerprint density at radius 2 is 1.70 bits per heavy atom. The summed E-state index contributed by atoms with van der Waals surface area (Å²) < 4.78 is 4.97. The van der Waals surface area contributed by atoms with Crippen LogP contribution in [0, 0.1) is 5.92 Å². The maximum absolute atomic E-state index is 12.7. The SMILES string of the molecule is COCC(=O)N1CCN(C)C(=O)C(Cc2ccc(-c3ccccc3)cc2)C1. The Kier molecular flexibility index (Phi) is 6.24. The fourth-order valence-corrected chi connectivity index (χ4v) is 3.47. The van der Waals surface area contributed by atoms with Crippen LogP contribution < -0.4 is 0 Å². The summed E-state index contributed by atoms with van der Waals surface area (Å²) in [4.78, 5) is 28.4. The van der Waals surface area contributed by atoms with Gasteiger partial charge in [0.15, 0.2) is 0 Å². The Morgan fingerprint density at radius 3 is 2.37 bits per heavy atom. The lowest BCUT2D eigenvalue weighted by atomic mass is 9.95. The molecule has 0 N–H and O–H groups in total. The van der Waals surface area contributed by atoms with Gasteiger partial charge in [-0.1, -0.05) is 54.6 Å². The molecule has 5 nitrogen and oxygen atoms in total. The smallest absolute Gasteiger partial charge is 0.248 e. The molecule has 1 aliphatic heterocycles. The zero-order valence-electron chi connectivity index (χ0n) is 15.9. The number of likely N-dealkylation sites (N-methyl/N-ethyl adjacent to an activating group) is 1. The van der Waals surface area contributed by atoms with Gasteiger partial charge in [0.1, 0.15) is 6.61 Å². The minimum atomic E-state index is -0.235. The highest BCUT2D eigenvalue weighted by Gasteiger charge is 2.30. The van der Waals surface area contributed by atoms with Crippen LogP contribution in [0.1, 0.15) is 5.56 Å². The number of nitrogens with zero attached hydrogens (tertiary/aromatic N) is 2. The molecule has 1 fully saturated rings. The molecule has 0 saturated carbocycles. The largest absolute Gasteiger partial charge is 0.375 e. The molecule has 0 spiro atoms. The van der Waals surface area contributed by atoms with Crippen molar-refractivity contribution >= 4 is 11.8 Å². The molecule has 0 radical (unpaired) electrons. The second-order valence-electron chi connectivity index (χ2n) is 7.00. The minimum absolute atomic E-state index is 0.0520. The number of hydrogen-bond donors (Lipinski definition) is 0. The van der Waals surface area contributed by atoms with Gasteiger partial charge in [-0.25, -0.2) is 0 Å². The van der Waals surface area contributed by atoms with Gasteiger partial charge in [-0.2, -0.15) is 0 Å². The second kappa shape index (κ2) is 8.82. The lowest BCUT2D eigenvalue weighted by molar-refractivity contribution is -0.136. The van der Waals surface area contributed by atoms with Crippen molar-refractivity contribution in [1.29, 1.82) is 0 Å². The van der Waals surface area contributed by atoms with Crippen molar-refractivity contribution in [2.45, 2.75) is 6.42 Å². The zero-order chi connectivity index (χ0) is 19.2. The zero-order valence-corrected chi connectivity index (χ0v) is 15.9. The van der Waals surface area contributed by atoms with Gasteiger partial charge in [0.05, 0.1) is 5.92 Å². The molecule has 0 bridgehead atoms. The van der Waals surface area contributed by atoms with Gasteiger partial charge in [-0.15, -0.1) is 0 Å². The minimum Gasteiger partial charge on any atom is -0.375 e. The van der Waals surface area contributed by atoms with Crippen LogP contribution in [0.3, 0.4) is 0 Å². The molecule has 3 rings (SSSR count). The second-order valence-corrected chi connectivity index (χ2v) is 7.00. The third-order valence-electron chi connectivity index (χ3n) is 5.04. The van der Waals surface area contributed by atoms with Gasteiger partial charge in [0.25, 0.3) is 0 Å². The molecule has 0 aliphatic carbocycles. The normalized spacial score (nSPS) is 17.7. The Balaban J connectivity index is 1.73. The lowest BCUT2D eigenvalue weighted by Crippen LogP contribution is -2.39. The van der Waals surface area contributed by atoms with Crippen molar-refractivity contribution in [3.63, 3.8) is 0 Å². The standard InChI is InChI=1S/C22H26N2O3/c1-23-12-13-24(21(25)16-27-2)15-20(22(23)26)14-17-8-10-19(11-9-17)18-6-4-3-5-7-18/h3-11,20H,12-16H2,1-2H3. The van der Waals surface area contributed by atoms with Crippen LogP contribution in [0.15, 0.2) is 54.6 Å². The quantitative estimate of drug-likeness (QED) is 0.817. The van der Waals surface area contributed by atoms with Crippen LogP contribution in [0.25, 0.3) is 11.1 Å². The molecule has 2 aromatic carbocycles.